The van der Waals surface area contributed by atoms with Crippen molar-refractivity contribution >= 4 is 17.1 Å². The third-order valence-electron chi connectivity index (χ3n) is 14.9. The molecule has 0 N–H and O–H groups in total. The van der Waals surface area contributed by atoms with Crippen molar-refractivity contribution < 1.29 is 0 Å². The molecule has 1 nitrogen and oxygen atoms in total. The first-order valence-electron chi connectivity index (χ1n) is 21.7. The largest absolute Gasteiger partial charge is 0.310 e. The maximum atomic E-state index is 2.52. The fourth-order valence-corrected chi connectivity index (χ4v) is 11.7. The van der Waals surface area contributed by atoms with Gasteiger partial charge < -0.3 is 4.90 Å². The van der Waals surface area contributed by atoms with Crippen LogP contribution in [-0.2, 0) is 16.2 Å². The summed E-state index contributed by atoms with van der Waals surface area (Å²) in [7, 11) is 0. The molecule has 0 unspecified atom stereocenters. The first-order chi connectivity index (χ1) is 28.0. The van der Waals surface area contributed by atoms with Gasteiger partial charge in [-0.2, -0.15) is 0 Å². The zero-order chi connectivity index (χ0) is 39.6. The van der Waals surface area contributed by atoms with E-state index in [0.717, 1.165) is 0 Å². The third-order valence-corrected chi connectivity index (χ3v) is 14.9. The number of hydrogen-bond donors (Lipinski definition) is 0. The van der Waals surface area contributed by atoms with Gasteiger partial charge in [0.05, 0.1) is 0 Å². The lowest BCUT2D eigenvalue weighted by Crippen LogP contribution is -2.18. The maximum Gasteiger partial charge on any atom is 0.0465 e. The zero-order valence-electron chi connectivity index (χ0n) is 34.9. The lowest BCUT2D eigenvalue weighted by molar-refractivity contribution is 0.443. The summed E-state index contributed by atoms with van der Waals surface area (Å²) in [5.41, 5.74) is 24.1. The summed E-state index contributed by atoms with van der Waals surface area (Å²) < 4.78 is 0. The Morgan fingerprint density at radius 2 is 0.879 bits per heavy atom. The van der Waals surface area contributed by atoms with E-state index in [0.29, 0.717) is 5.92 Å². The van der Waals surface area contributed by atoms with Crippen molar-refractivity contribution in [2.24, 2.45) is 0 Å². The van der Waals surface area contributed by atoms with E-state index in [1.165, 1.54) is 133 Å². The Morgan fingerprint density at radius 3 is 1.55 bits per heavy atom. The zero-order valence-corrected chi connectivity index (χ0v) is 34.9. The molecule has 0 aromatic heterocycles. The van der Waals surface area contributed by atoms with Crippen molar-refractivity contribution in [1.29, 1.82) is 0 Å². The van der Waals surface area contributed by atoms with Crippen molar-refractivity contribution in [3.8, 4) is 44.5 Å². The molecule has 4 aliphatic carbocycles. The molecule has 1 fully saturated rings. The normalized spacial score (nSPS) is 17.5. The summed E-state index contributed by atoms with van der Waals surface area (Å²) in [6, 6.07) is 56.2. The molecule has 0 heterocycles. The second-order valence-corrected chi connectivity index (χ2v) is 19.2. The van der Waals surface area contributed by atoms with Crippen LogP contribution in [0.3, 0.4) is 0 Å². The van der Waals surface area contributed by atoms with Crippen LogP contribution in [0.2, 0.25) is 0 Å². The van der Waals surface area contributed by atoms with Gasteiger partial charge in [-0.1, -0.05) is 164 Å². The molecule has 7 aromatic carbocycles. The van der Waals surface area contributed by atoms with Crippen molar-refractivity contribution in [1.82, 2.24) is 0 Å². The van der Waals surface area contributed by atoms with Crippen molar-refractivity contribution in [2.45, 2.75) is 95.8 Å². The van der Waals surface area contributed by atoms with Gasteiger partial charge in [-0.15, -0.1) is 0 Å². The molecule has 11 rings (SSSR count). The monoisotopic (exact) mass is 751 g/mol. The van der Waals surface area contributed by atoms with E-state index in [2.05, 4.69) is 192 Å². The molecule has 0 radical (unpaired) electrons. The molecule has 0 saturated heterocycles. The number of anilines is 3. The van der Waals surface area contributed by atoms with E-state index < -0.39 is 0 Å². The fourth-order valence-electron chi connectivity index (χ4n) is 11.7. The number of nitrogens with zero attached hydrogens (tertiary/aromatic N) is 1. The topological polar surface area (TPSA) is 3.24 Å². The minimum absolute atomic E-state index is 0.00433. The van der Waals surface area contributed by atoms with Crippen LogP contribution < -0.4 is 4.90 Å². The number of hydrogen-bond acceptors (Lipinski definition) is 1. The van der Waals surface area contributed by atoms with E-state index in [9.17, 15) is 0 Å². The molecule has 1 heteroatoms. The first kappa shape index (κ1) is 35.5. The van der Waals surface area contributed by atoms with Crippen LogP contribution in [0.5, 0.6) is 0 Å². The van der Waals surface area contributed by atoms with Gasteiger partial charge in [0.1, 0.15) is 0 Å². The Balaban J connectivity index is 1.03. The predicted octanol–water partition coefficient (Wildman–Crippen LogP) is 15.8. The average Bonchev–Trinajstić information content (AvgIpc) is 3.73. The highest BCUT2D eigenvalue weighted by Crippen LogP contribution is 2.56. The standard InChI is InChI=1S/C57H53N/c1-55(2)50-22-13-11-18-44(50)48-33-38(25-32-51(48)55)42-19-14-20-47-46-31-29-41(35-53(46)57(5,6)54(42)47)58(39-26-23-37(24-27-39)36-15-8-7-9-16-36)40-28-30-45-43-17-10-12-21-49(43)56(3,4)52(45)34-40/h10-14,17-36H,7-9,15-16H2,1-6H3. The Bertz CT molecular complexity index is 2790. The van der Waals surface area contributed by atoms with E-state index >= 15 is 0 Å². The van der Waals surface area contributed by atoms with Gasteiger partial charge in [-0.05, 0) is 145 Å². The van der Waals surface area contributed by atoms with Crippen molar-refractivity contribution in [3.63, 3.8) is 0 Å². The molecule has 0 spiro atoms. The summed E-state index contributed by atoms with van der Waals surface area (Å²) in [6.07, 6.45) is 6.69. The highest BCUT2D eigenvalue weighted by Gasteiger charge is 2.40. The second-order valence-electron chi connectivity index (χ2n) is 19.2. The molecule has 0 atom stereocenters. The number of fused-ring (bicyclic) bond motifs is 9. The highest BCUT2D eigenvalue weighted by molar-refractivity contribution is 5.93. The highest BCUT2D eigenvalue weighted by atomic mass is 15.1. The van der Waals surface area contributed by atoms with Gasteiger partial charge in [-0.25, -0.2) is 0 Å². The average molecular weight is 752 g/mol. The van der Waals surface area contributed by atoms with E-state index in [4.69, 9.17) is 0 Å². The molecular weight excluding hydrogens is 699 g/mol. The van der Waals surface area contributed by atoms with Crippen LogP contribution in [0.25, 0.3) is 44.5 Å². The van der Waals surface area contributed by atoms with Crippen LogP contribution >= 0.6 is 0 Å². The first-order valence-corrected chi connectivity index (χ1v) is 21.7. The smallest absolute Gasteiger partial charge is 0.0465 e. The van der Waals surface area contributed by atoms with Crippen LogP contribution in [0.1, 0.15) is 119 Å². The Hall–Kier alpha value is -5.66. The number of benzene rings is 7. The fraction of sp³-hybridized carbons (Fsp3) is 0.263. The summed E-state index contributed by atoms with van der Waals surface area (Å²) in [6.45, 7) is 14.4. The molecule has 1 saturated carbocycles. The van der Waals surface area contributed by atoms with Gasteiger partial charge >= 0.3 is 0 Å². The van der Waals surface area contributed by atoms with Crippen LogP contribution in [0, 0.1) is 0 Å². The van der Waals surface area contributed by atoms with Gasteiger partial charge in [0.25, 0.3) is 0 Å². The number of rotatable bonds is 5. The van der Waals surface area contributed by atoms with E-state index in [-0.39, 0.29) is 16.2 Å². The maximum absolute atomic E-state index is 2.52. The van der Waals surface area contributed by atoms with Crippen LogP contribution in [0.4, 0.5) is 17.1 Å². The molecule has 0 amide bonds. The predicted molar refractivity (Wildman–Crippen MR) is 245 cm³/mol. The molecule has 4 aliphatic rings. The molecule has 286 valence electrons. The minimum Gasteiger partial charge on any atom is -0.310 e. The van der Waals surface area contributed by atoms with Crippen LogP contribution in [0.15, 0.2) is 146 Å². The summed E-state index contributed by atoms with van der Waals surface area (Å²) >= 11 is 0. The molecule has 0 bridgehead atoms. The summed E-state index contributed by atoms with van der Waals surface area (Å²) in [5.74, 6) is 0.677. The van der Waals surface area contributed by atoms with E-state index in [1.807, 2.05) is 0 Å². The Morgan fingerprint density at radius 1 is 0.379 bits per heavy atom. The van der Waals surface area contributed by atoms with Gasteiger partial charge in [0.15, 0.2) is 0 Å². The Labute approximate surface area is 345 Å². The summed E-state index contributed by atoms with van der Waals surface area (Å²) in [5, 5.41) is 0. The van der Waals surface area contributed by atoms with E-state index in [1.54, 1.807) is 0 Å². The molecule has 58 heavy (non-hydrogen) atoms. The third kappa shape index (κ3) is 5.08. The summed E-state index contributed by atoms with van der Waals surface area (Å²) in [4.78, 5) is 2.52. The quantitative estimate of drug-likeness (QED) is 0.169. The minimum atomic E-state index is -0.203. The molecule has 0 aliphatic heterocycles. The van der Waals surface area contributed by atoms with Gasteiger partial charge in [0.2, 0.25) is 0 Å². The molecular formula is C57H53N. The lowest BCUT2D eigenvalue weighted by atomic mass is 9.78. The van der Waals surface area contributed by atoms with Gasteiger partial charge in [-0.3, -0.25) is 0 Å². The van der Waals surface area contributed by atoms with Gasteiger partial charge in [0, 0.05) is 33.3 Å². The van der Waals surface area contributed by atoms with Crippen molar-refractivity contribution in [3.05, 3.63) is 185 Å². The molecule has 7 aromatic rings. The SMILES string of the molecule is CC1(C)c2ccccc2-c2cc(-c3cccc4c3C(C)(C)c3cc(N(c5ccc(C6CCCCC6)cc5)c5ccc6c(c5)C(C)(C)c5ccccc5-6)ccc3-4)ccc21. The van der Waals surface area contributed by atoms with Crippen molar-refractivity contribution in [2.75, 3.05) is 4.90 Å². The lowest BCUT2D eigenvalue weighted by Gasteiger charge is -2.30. The Kier molecular flexibility index (Phi) is 7.75. The van der Waals surface area contributed by atoms with Crippen LogP contribution in [-0.4, -0.2) is 0 Å². The second kappa shape index (κ2) is 12.7.